The van der Waals surface area contributed by atoms with Crippen molar-refractivity contribution in [2.24, 2.45) is 0 Å². The van der Waals surface area contributed by atoms with Gasteiger partial charge in [-0.25, -0.2) is 0 Å². The molecule has 0 fully saturated rings. The van der Waals surface area contributed by atoms with Gasteiger partial charge < -0.3 is 4.74 Å². The lowest BCUT2D eigenvalue weighted by Crippen LogP contribution is -2.07. The highest BCUT2D eigenvalue weighted by Crippen LogP contribution is 2.21. The zero-order chi connectivity index (χ0) is 11.5. The summed E-state index contributed by atoms with van der Waals surface area (Å²) in [6.07, 6.45) is 0. The molecule has 16 heavy (non-hydrogen) atoms. The topological polar surface area (TPSA) is 52.1 Å². The quantitative estimate of drug-likeness (QED) is 0.827. The summed E-state index contributed by atoms with van der Waals surface area (Å²) in [7, 11) is 0. The number of halogens is 1. The maximum absolute atomic E-state index is 11.5. The zero-order valence-electron chi connectivity index (χ0n) is 8.31. The third-order valence-electron chi connectivity index (χ3n) is 1.93. The van der Waals surface area contributed by atoms with Crippen LogP contribution in [0.3, 0.4) is 0 Å². The van der Waals surface area contributed by atoms with E-state index in [1.54, 1.807) is 6.07 Å². The van der Waals surface area contributed by atoms with Gasteiger partial charge in [-0.15, -0.1) is 4.37 Å². The molecule has 0 N–H and O–H groups in total. The van der Waals surface area contributed by atoms with Crippen LogP contribution in [0.25, 0.3) is 0 Å². The molecule has 0 saturated heterocycles. The largest absolute Gasteiger partial charge is 0.435 e. The number of rotatable bonds is 2. The van der Waals surface area contributed by atoms with E-state index >= 15 is 0 Å². The summed E-state index contributed by atoms with van der Waals surface area (Å²) in [6, 6.07) is 7.34. The molecular formula is C10H7ClN2O2S. The minimum Gasteiger partial charge on any atom is -0.435 e. The van der Waals surface area contributed by atoms with Gasteiger partial charge in [0.1, 0.15) is 5.75 Å². The Hall–Kier alpha value is -1.46. The maximum atomic E-state index is 11.5. The molecular weight excluding hydrogens is 248 g/mol. The van der Waals surface area contributed by atoms with Crippen LogP contribution in [-0.4, -0.2) is 8.75 Å². The molecule has 0 aliphatic rings. The van der Waals surface area contributed by atoms with Crippen molar-refractivity contribution in [3.8, 4) is 11.6 Å². The van der Waals surface area contributed by atoms with Crippen LogP contribution in [-0.2, 0) is 0 Å². The highest BCUT2D eigenvalue weighted by atomic mass is 35.5. The van der Waals surface area contributed by atoms with Crippen molar-refractivity contribution in [1.29, 1.82) is 0 Å². The molecule has 1 heterocycles. The van der Waals surface area contributed by atoms with Crippen molar-refractivity contribution in [3.05, 3.63) is 45.2 Å². The Morgan fingerprint density at radius 3 is 2.81 bits per heavy atom. The van der Waals surface area contributed by atoms with Crippen LogP contribution in [0, 0.1) is 6.92 Å². The Bertz CT molecular complexity index is 571. The zero-order valence-corrected chi connectivity index (χ0v) is 9.88. The highest BCUT2D eigenvalue weighted by Gasteiger charge is 2.09. The minimum absolute atomic E-state index is 0.0423. The first-order valence-corrected chi connectivity index (χ1v) is 5.55. The summed E-state index contributed by atoms with van der Waals surface area (Å²) in [5.74, 6) is 0.542. The van der Waals surface area contributed by atoms with Crippen LogP contribution in [0.1, 0.15) is 5.56 Å². The van der Waals surface area contributed by atoms with Crippen LogP contribution in [0.4, 0.5) is 0 Å². The fourth-order valence-electron chi connectivity index (χ4n) is 1.10. The summed E-state index contributed by atoms with van der Waals surface area (Å²) in [6.45, 7) is 1.88. The lowest BCUT2D eigenvalue weighted by atomic mass is 10.2. The lowest BCUT2D eigenvalue weighted by molar-refractivity contribution is 0.458. The molecule has 2 aromatic rings. The summed E-state index contributed by atoms with van der Waals surface area (Å²) in [5, 5.41) is -0.122. The van der Waals surface area contributed by atoms with Gasteiger partial charge in [0.05, 0.1) is 11.7 Å². The predicted octanol–water partition coefficient (Wildman–Crippen LogP) is 2.65. The fraction of sp³-hybridized carbons (Fsp3) is 0.100. The van der Waals surface area contributed by atoms with Crippen molar-refractivity contribution in [2.75, 3.05) is 0 Å². The van der Waals surface area contributed by atoms with Gasteiger partial charge in [0.15, 0.2) is 5.15 Å². The highest BCUT2D eigenvalue weighted by molar-refractivity contribution is 6.99. The van der Waals surface area contributed by atoms with Crippen LogP contribution in [0.5, 0.6) is 11.6 Å². The van der Waals surface area contributed by atoms with E-state index in [1.807, 2.05) is 25.1 Å². The third-order valence-corrected chi connectivity index (χ3v) is 2.79. The Morgan fingerprint density at radius 1 is 1.31 bits per heavy atom. The molecule has 0 radical (unpaired) electrons. The molecule has 0 aliphatic carbocycles. The van der Waals surface area contributed by atoms with E-state index in [9.17, 15) is 4.79 Å². The molecule has 4 nitrogen and oxygen atoms in total. The van der Waals surface area contributed by atoms with Crippen LogP contribution < -0.4 is 10.2 Å². The molecule has 0 aliphatic heterocycles. The number of nitrogens with zero attached hydrogens (tertiary/aromatic N) is 2. The van der Waals surface area contributed by atoms with Gasteiger partial charge >= 0.3 is 0 Å². The number of aromatic nitrogens is 2. The average Bonchev–Trinajstić information content (AvgIpc) is 2.28. The lowest BCUT2D eigenvalue weighted by Gasteiger charge is -2.05. The second-order valence-electron chi connectivity index (χ2n) is 3.06. The van der Waals surface area contributed by atoms with Gasteiger partial charge in [-0.3, -0.25) is 4.79 Å². The monoisotopic (exact) mass is 254 g/mol. The Morgan fingerprint density at radius 2 is 2.06 bits per heavy atom. The van der Waals surface area contributed by atoms with E-state index < -0.39 is 5.43 Å². The van der Waals surface area contributed by atoms with Gasteiger partial charge in [-0.05, 0) is 18.6 Å². The normalized spacial score (nSPS) is 10.1. The van der Waals surface area contributed by atoms with Crippen molar-refractivity contribution in [3.63, 3.8) is 0 Å². The molecule has 2 rings (SSSR count). The van der Waals surface area contributed by atoms with E-state index in [4.69, 9.17) is 16.3 Å². The second-order valence-corrected chi connectivity index (χ2v) is 3.94. The van der Waals surface area contributed by atoms with E-state index in [0.717, 1.165) is 17.3 Å². The van der Waals surface area contributed by atoms with E-state index in [1.165, 1.54) is 0 Å². The fourth-order valence-corrected chi connectivity index (χ4v) is 1.67. The Kier molecular flexibility index (Phi) is 3.17. The SMILES string of the molecule is Cc1ccccc1Oc1nsnc(Cl)c1=O. The predicted molar refractivity (Wildman–Crippen MR) is 62.4 cm³/mol. The third kappa shape index (κ3) is 2.20. The number of para-hydroxylation sites is 1. The number of benzene rings is 1. The molecule has 82 valence electrons. The molecule has 1 aromatic heterocycles. The van der Waals surface area contributed by atoms with E-state index in [-0.39, 0.29) is 11.0 Å². The average molecular weight is 255 g/mol. The van der Waals surface area contributed by atoms with Gasteiger partial charge in [0.2, 0.25) is 0 Å². The first-order valence-electron chi connectivity index (χ1n) is 4.44. The maximum Gasteiger partial charge on any atom is 0.283 e. The molecule has 0 amide bonds. The molecule has 0 saturated carbocycles. The molecule has 1 aromatic carbocycles. The summed E-state index contributed by atoms with van der Waals surface area (Å²) in [4.78, 5) is 11.5. The standard InChI is InChI=1S/C10H7ClN2O2S/c1-6-4-2-3-5-7(6)15-10-8(14)9(11)12-16-13-10/h2-5H,1H3. The summed E-state index contributed by atoms with van der Waals surface area (Å²) < 4.78 is 12.8. The van der Waals surface area contributed by atoms with Crippen LogP contribution in [0.15, 0.2) is 29.1 Å². The van der Waals surface area contributed by atoms with Crippen LogP contribution in [0.2, 0.25) is 5.15 Å². The number of hydrogen-bond donors (Lipinski definition) is 0. The first-order chi connectivity index (χ1) is 7.68. The van der Waals surface area contributed by atoms with Crippen molar-refractivity contribution in [1.82, 2.24) is 8.75 Å². The minimum atomic E-state index is -0.497. The van der Waals surface area contributed by atoms with E-state index in [2.05, 4.69) is 8.75 Å². The van der Waals surface area contributed by atoms with E-state index in [0.29, 0.717) is 5.75 Å². The van der Waals surface area contributed by atoms with Gasteiger partial charge in [0.25, 0.3) is 11.3 Å². The molecule has 0 bridgehead atoms. The van der Waals surface area contributed by atoms with Crippen molar-refractivity contribution < 1.29 is 4.74 Å². The van der Waals surface area contributed by atoms with Gasteiger partial charge in [-0.2, -0.15) is 4.37 Å². The summed E-state index contributed by atoms with van der Waals surface area (Å²) in [5.41, 5.74) is 0.422. The molecule has 0 spiro atoms. The molecule has 0 atom stereocenters. The summed E-state index contributed by atoms with van der Waals surface area (Å²) >= 11 is 6.42. The smallest absolute Gasteiger partial charge is 0.283 e. The van der Waals surface area contributed by atoms with Gasteiger partial charge in [-0.1, -0.05) is 29.8 Å². The number of ether oxygens (including phenoxy) is 1. The van der Waals surface area contributed by atoms with Crippen LogP contribution >= 0.6 is 23.3 Å². The molecule has 6 heteroatoms. The second kappa shape index (κ2) is 4.59. The Labute approximate surface area is 101 Å². The Balaban J connectivity index is 2.39. The molecule has 0 unspecified atom stereocenters. The first kappa shape index (κ1) is 11.0. The van der Waals surface area contributed by atoms with Gasteiger partial charge in [0, 0.05) is 0 Å². The van der Waals surface area contributed by atoms with Crippen molar-refractivity contribution >= 4 is 23.3 Å². The number of hydrogen-bond acceptors (Lipinski definition) is 5. The van der Waals surface area contributed by atoms with Crippen molar-refractivity contribution in [2.45, 2.75) is 6.92 Å². The number of aryl methyl sites for hydroxylation is 1.